The lowest BCUT2D eigenvalue weighted by Crippen LogP contribution is -2.36. The Morgan fingerprint density at radius 2 is 1.71 bits per heavy atom. The summed E-state index contributed by atoms with van der Waals surface area (Å²) in [5.74, 6) is -3.34. The van der Waals surface area contributed by atoms with Gasteiger partial charge in [-0.05, 0) is 24.8 Å². The van der Waals surface area contributed by atoms with Crippen LogP contribution in [0.1, 0.15) is 31.2 Å². The summed E-state index contributed by atoms with van der Waals surface area (Å²) in [5, 5.41) is 18.1. The van der Waals surface area contributed by atoms with Gasteiger partial charge < -0.3 is 14.9 Å². The molecular weight excluding hydrogens is 272 g/mol. The fourth-order valence-electron chi connectivity index (χ4n) is 2.36. The smallest absolute Gasteiger partial charge is 0.333 e. The molecule has 5 nitrogen and oxygen atoms in total. The molecule has 0 radical (unpaired) electrons. The molecule has 0 unspecified atom stereocenters. The van der Waals surface area contributed by atoms with Gasteiger partial charge in [-0.2, -0.15) is 0 Å². The fourth-order valence-corrected chi connectivity index (χ4v) is 2.36. The molecule has 0 aliphatic rings. The van der Waals surface area contributed by atoms with Crippen LogP contribution in [0.4, 0.5) is 0 Å². The van der Waals surface area contributed by atoms with Gasteiger partial charge in [0.15, 0.2) is 6.10 Å². The molecule has 2 N–H and O–H groups in total. The summed E-state index contributed by atoms with van der Waals surface area (Å²) in [6.07, 6.45) is 2.49. The molecule has 21 heavy (non-hydrogen) atoms. The van der Waals surface area contributed by atoms with Crippen molar-refractivity contribution in [1.29, 1.82) is 0 Å². The second-order valence-corrected chi connectivity index (χ2v) is 5.02. The van der Waals surface area contributed by atoms with E-state index in [0.717, 1.165) is 19.3 Å². The van der Waals surface area contributed by atoms with Crippen molar-refractivity contribution in [2.45, 2.75) is 38.2 Å². The molecule has 116 valence electrons. The minimum absolute atomic E-state index is 0.314. The zero-order valence-electron chi connectivity index (χ0n) is 12.2. The summed E-state index contributed by atoms with van der Waals surface area (Å²) in [6.45, 7) is 0. The van der Waals surface area contributed by atoms with Crippen molar-refractivity contribution in [3.63, 3.8) is 0 Å². The standard InChI is InChI=1S/C16H22O5/c1-21-14(16(19)20)13(15(17)18)11-7-3-6-10-12-8-4-2-5-9-12/h2,4-5,8-9,13-14H,3,6-7,10-11H2,1H3,(H,17,18)(H,19,20)/t13-,14+/m1/s1. The molecule has 0 heterocycles. The Kier molecular flexibility index (Phi) is 7.46. The molecule has 0 aliphatic carbocycles. The van der Waals surface area contributed by atoms with Crippen LogP contribution in [-0.2, 0) is 20.7 Å². The lowest BCUT2D eigenvalue weighted by Gasteiger charge is -2.18. The molecule has 5 heteroatoms. The van der Waals surface area contributed by atoms with Crippen LogP contribution in [0.2, 0.25) is 0 Å². The van der Waals surface area contributed by atoms with E-state index in [9.17, 15) is 9.59 Å². The molecule has 1 aromatic rings. The number of carboxylic acids is 2. The van der Waals surface area contributed by atoms with Crippen LogP contribution in [-0.4, -0.2) is 35.4 Å². The Labute approximate surface area is 124 Å². The van der Waals surface area contributed by atoms with E-state index >= 15 is 0 Å². The van der Waals surface area contributed by atoms with E-state index in [2.05, 4.69) is 12.1 Å². The van der Waals surface area contributed by atoms with E-state index in [1.54, 1.807) is 0 Å². The van der Waals surface area contributed by atoms with Crippen LogP contribution in [0.3, 0.4) is 0 Å². The van der Waals surface area contributed by atoms with Crippen LogP contribution in [0.15, 0.2) is 30.3 Å². The molecule has 0 aromatic heterocycles. The lowest BCUT2D eigenvalue weighted by molar-refractivity contribution is -0.162. The first kappa shape index (κ1) is 17.2. The van der Waals surface area contributed by atoms with Crippen molar-refractivity contribution >= 4 is 11.9 Å². The summed E-state index contributed by atoms with van der Waals surface area (Å²) in [5.41, 5.74) is 1.26. The summed E-state index contributed by atoms with van der Waals surface area (Å²) < 4.78 is 4.78. The van der Waals surface area contributed by atoms with Gasteiger partial charge in [-0.15, -0.1) is 0 Å². The van der Waals surface area contributed by atoms with E-state index in [1.807, 2.05) is 18.2 Å². The molecule has 0 aliphatic heterocycles. The Hall–Kier alpha value is -1.88. The number of carboxylic acid groups (broad SMARTS) is 2. The zero-order valence-corrected chi connectivity index (χ0v) is 12.2. The Balaban J connectivity index is 2.34. The monoisotopic (exact) mass is 294 g/mol. The largest absolute Gasteiger partial charge is 0.481 e. The van der Waals surface area contributed by atoms with Crippen molar-refractivity contribution in [2.24, 2.45) is 5.92 Å². The summed E-state index contributed by atoms with van der Waals surface area (Å²) >= 11 is 0. The van der Waals surface area contributed by atoms with Gasteiger partial charge in [-0.25, -0.2) is 4.79 Å². The van der Waals surface area contributed by atoms with E-state index in [-0.39, 0.29) is 0 Å². The van der Waals surface area contributed by atoms with Gasteiger partial charge in [-0.1, -0.05) is 43.2 Å². The van der Waals surface area contributed by atoms with E-state index < -0.39 is 24.0 Å². The maximum Gasteiger partial charge on any atom is 0.333 e. The van der Waals surface area contributed by atoms with Crippen LogP contribution in [0, 0.1) is 5.92 Å². The topological polar surface area (TPSA) is 83.8 Å². The third-order valence-corrected chi connectivity index (χ3v) is 3.50. The molecule has 0 amide bonds. The first-order valence-corrected chi connectivity index (χ1v) is 7.08. The molecule has 0 spiro atoms. The number of ether oxygens (including phenoxy) is 1. The highest BCUT2D eigenvalue weighted by Crippen LogP contribution is 2.18. The predicted molar refractivity (Wildman–Crippen MR) is 78.2 cm³/mol. The lowest BCUT2D eigenvalue weighted by atomic mass is 9.94. The highest BCUT2D eigenvalue weighted by molar-refractivity contribution is 5.81. The number of unbranched alkanes of at least 4 members (excludes halogenated alkanes) is 2. The van der Waals surface area contributed by atoms with Crippen molar-refractivity contribution in [1.82, 2.24) is 0 Å². The molecule has 0 bridgehead atoms. The van der Waals surface area contributed by atoms with Crippen molar-refractivity contribution in [3.8, 4) is 0 Å². The molecule has 0 fully saturated rings. The Bertz CT molecular complexity index is 443. The van der Waals surface area contributed by atoms with Crippen molar-refractivity contribution < 1.29 is 24.5 Å². The van der Waals surface area contributed by atoms with Crippen LogP contribution < -0.4 is 0 Å². The van der Waals surface area contributed by atoms with Crippen molar-refractivity contribution in [2.75, 3.05) is 7.11 Å². The molecule has 0 saturated carbocycles. The normalized spacial score (nSPS) is 13.6. The molecular formula is C16H22O5. The minimum atomic E-state index is -1.28. The third kappa shape index (κ3) is 5.95. The molecule has 0 saturated heterocycles. The van der Waals surface area contributed by atoms with E-state index in [4.69, 9.17) is 14.9 Å². The average molecular weight is 294 g/mol. The van der Waals surface area contributed by atoms with Crippen LogP contribution in [0.5, 0.6) is 0 Å². The van der Waals surface area contributed by atoms with Gasteiger partial charge in [0.05, 0.1) is 5.92 Å². The maximum atomic E-state index is 11.1. The van der Waals surface area contributed by atoms with Crippen LogP contribution in [0.25, 0.3) is 0 Å². The molecule has 1 aromatic carbocycles. The highest BCUT2D eigenvalue weighted by Gasteiger charge is 2.33. The number of aliphatic carboxylic acids is 2. The fraction of sp³-hybridized carbons (Fsp3) is 0.500. The number of methoxy groups -OCH3 is 1. The van der Waals surface area contributed by atoms with Gasteiger partial charge in [0.1, 0.15) is 0 Å². The molecule has 1 rings (SSSR count). The maximum absolute atomic E-state index is 11.1. The number of benzene rings is 1. The number of rotatable bonds is 10. The summed E-state index contributed by atoms with van der Waals surface area (Å²) in [6, 6.07) is 10.1. The van der Waals surface area contributed by atoms with Gasteiger partial charge in [0, 0.05) is 7.11 Å². The van der Waals surface area contributed by atoms with Gasteiger partial charge in [0.2, 0.25) is 0 Å². The van der Waals surface area contributed by atoms with Crippen LogP contribution >= 0.6 is 0 Å². The van der Waals surface area contributed by atoms with E-state index in [1.165, 1.54) is 12.7 Å². The summed E-state index contributed by atoms with van der Waals surface area (Å²) in [7, 11) is 1.23. The quantitative estimate of drug-likeness (QED) is 0.648. The Morgan fingerprint density at radius 1 is 1.05 bits per heavy atom. The second kappa shape index (κ2) is 9.13. The first-order chi connectivity index (χ1) is 10.1. The number of hydrogen-bond donors (Lipinski definition) is 2. The SMILES string of the molecule is CO[C@H](C(=O)O)[C@@H](CCCCCc1ccccc1)C(=O)O. The van der Waals surface area contributed by atoms with Crippen molar-refractivity contribution in [3.05, 3.63) is 35.9 Å². The third-order valence-electron chi connectivity index (χ3n) is 3.50. The van der Waals surface area contributed by atoms with Gasteiger partial charge >= 0.3 is 11.9 Å². The van der Waals surface area contributed by atoms with E-state index in [0.29, 0.717) is 12.8 Å². The summed E-state index contributed by atoms with van der Waals surface area (Å²) in [4.78, 5) is 22.1. The number of hydrogen-bond acceptors (Lipinski definition) is 3. The average Bonchev–Trinajstić information content (AvgIpc) is 2.46. The second-order valence-electron chi connectivity index (χ2n) is 5.02. The number of carbonyl (C=O) groups is 2. The zero-order chi connectivity index (χ0) is 15.7. The van der Waals surface area contributed by atoms with Gasteiger partial charge in [0.25, 0.3) is 0 Å². The number of aryl methyl sites for hydroxylation is 1. The first-order valence-electron chi connectivity index (χ1n) is 7.08. The van der Waals surface area contributed by atoms with Gasteiger partial charge in [-0.3, -0.25) is 4.79 Å². The Morgan fingerprint density at radius 3 is 2.24 bits per heavy atom. The predicted octanol–water partition coefficient (Wildman–Crippen LogP) is 2.59. The highest BCUT2D eigenvalue weighted by atomic mass is 16.5. The minimum Gasteiger partial charge on any atom is -0.481 e. The molecule has 2 atom stereocenters.